The summed E-state index contributed by atoms with van der Waals surface area (Å²) in [5, 5.41) is 3.45. The maximum Gasteiger partial charge on any atom is 0.313 e. The number of esters is 1. The van der Waals surface area contributed by atoms with Crippen molar-refractivity contribution in [1.82, 2.24) is 10.3 Å². The molecule has 0 aromatic carbocycles. The molecule has 19 heavy (non-hydrogen) atoms. The minimum Gasteiger partial charge on any atom is -0.469 e. The molecule has 0 spiro atoms. The number of hydrogen-bond acceptors (Lipinski definition) is 3. The minimum absolute atomic E-state index is 0.0323. The Morgan fingerprint density at radius 2 is 2.26 bits per heavy atom. The standard InChI is InChI=1S/C15H24N2O2/c1-14(2,12-6-4-9-17-12)10-16-11-15(7-5-8-15)13(18)19-3/h4,6,9,16-17H,5,7-8,10-11H2,1-3H3. The van der Waals surface area contributed by atoms with Crippen molar-refractivity contribution in [1.29, 1.82) is 0 Å². The first-order chi connectivity index (χ1) is 9.00. The molecule has 0 radical (unpaired) electrons. The van der Waals surface area contributed by atoms with Gasteiger partial charge in [0.05, 0.1) is 12.5 Å². The highest BCUT2D eigenvalue weighted by atomic mass is 16.5. The number of methoxy groups -OCH3 is 1. The van der Waals surface area contributed by atoms with Gasteiger partial charge in [-0.05, 0) is 25.0 Å². The van der Waals surface area contributed by atoms with E-state index in [-0.39, 0.29) is 16.8 Å². The molecular formula is C15H24N2O2. The van der Waals surface area contributed by atoms with E-state index in [9.17, 15) is 4.79 Å². The SMILES string of the molecule is COC(=O)C1(CNCC(C)(C)c2ccc[nH]2)CCC1. The summed E-state index contributed by atoms with van der Waals surface area (Å²) in [6.07, 6.45) is 4.95. The summed E-state index contributed by atoms with van der Waals surface area (Å²) in [7, 11) is 1.48. The van der Waals surface area contributed by atoms with Crippen LogP contribution in [-0.2, 0) is 14.9 Å². The van der Waals surface area contributed by atoms with Crippen molar-refractivity contribution >= 4 is 5.97 Å². The van der Waals surface area contributed by atoms with Crippen LogP contribution in [0.3, 0.4) is 0 Å². The Morgan fingerprint density at radius 1 is 1.53 bits per heavy atom. The molecule has 0 atom stereocenters. The van der Waals surface area contributed by atoms with Crippen LogP contribution in [0.25, 0.3) is 0 Å². The van der Waals surface area contributed by atoms with E-state index in [4.69, 9.17) is 4.74 Å². The summed E-state index contributed by atoms with van der Waals surface area (Å²) in [5.41, 5.74) is 0.964. The molecule has 1 fully saturated rings. The lowest BCUT2D eigenvalue weighted by molar-refractivity contribution is -0.158. The van der Waals surface area contributed by atoms with Crippen LogP contribution < -0.4 is 5.32 Å². The zero-order chi connectivity index (χ0) is 13.9. The van der Waals surface area contributed by atoms with Gasteiger partial charge in [0, 0.05) is 30.4 Å². The maximum absolute atomic E-state index is 11.8. The summed E-state index contributed by atoms with van der Waals surface area (Å²) < 4.78 is 4.93. The van der Waals surface area contributed by atoms with Crippen molar-refractivity contribution in [3.8, 4) is 0 Å². The average Bonchev–Trinajstić information content (AvgIpc) is 2.86. The average molecular weight is 264 g/mol. The monoisotopic (exact) mass is 264 g/mol. The van der Waals surface area contributed by atoms with Gasteiger partial charge in [0.25, 0.3) is 0 Å². The highest BCUT2D eigenvalue weighted by molar-refractivity contribution is 5.78. The predicted octanol–water partition coefficient (Wildman–Crippen LogP) is 2.23. The van der Waals surface area contributed by atoms with Crippen molar-refractivity contribution in [3.05, 3.63) is 24.0 Å². The van der Waals surface area contributed by atoms with E-state index in [1.54, 1.807) is 0 Å². The van der Waals surface area contributed by atoms with Gasteiger partial charge < -0.3 is 15.0 Å². The quantitative estimate of drug-likeness (QED) is 0.775. The third-order valence-electron chi connectivity index (χ3n) is 4.29. The molecule has 0 amide bonds. The largest absolute Gasteiger partial charge is 0.469 e. The van der Waals surface area contributed by atoms with Crippen molar-refractivity contribution < 1.29 is 9.53 Å². The topological polar surface area (TPSA) is 54.1 Å². The van der Waals surface area contributed by atoms with Gasteiger partial charge in [0.15, 0.2) is 0 Å². The van der Waals surface area contributed by atoms with Crippen LogP contribution in [0.15, 0.2) is 18.3 Å². The molecule has 0 unspecified atom stereocenters. The van der Waals surface area contributed by atoms with Crippen LogP contribution in [0.5, 0.6) is 0 Å². The summed E-state index contributed by atoms with van der Waals surface area (Å²) in [5.74, 6) is -0.0658. The molecule has 1 aliphatic carbocycles. The number of carbonyl (C=O) groups is 1. The van der Waals surface area contributed by atoms with Gasteiger partial charge >= 0.3 is 5.97 Å². The Bertz CT molecular complexity index is 419. The molecule has 1 heterocycles. The van der Waals surface area contributed by atoms with E-state index in [0.29, 0.717) is 6.54 Å². The Balaban J connectivity index is 1.88. The molecule has 0 aliphatic heterocycles. The van der Waals surface area contributed by atoms with E-state index in [1.165, 1.54) is 12.8 Å². The summed E-state index contributed by atoms with van der Waals surface area (Å²) in [4.78, 5) is 15.1. The summed E-state index contributed by atoms with van der Waals surface area (Å²) >= 11 is 0. The fourth-order valence-electron chi connectivity index (χ4n) is 2.73. The van der Waals surface area contributed by atoms with Crippen molar-refractivity contribution in [2.24, 2.45) is 5.41 Å². The number of H-pyrrole nitrogens is 1. The number of aromatic amines is 1. The van der Waals surface area contributed by atoms with Crippen LogP contribution in [-0.4, -0.2) is 31.2 Å². The van der Waals surface area contributed by atoms with Crippen LogP contribution >= 0.6 is 0 Å². The van der Waals surface area contributed by atoms with Gasteiger partial charge in [-0.1, -0.05) is 20.3 Å². The van der Waals surface area contributed by atoms with Crippen LogP contribution in [0.4, 0.5) is 0 Å². The molecule has 1 aromatic rings. The summed E-state index contributed by atoms with van der Waals surface area (Å²) in [6, 6.07) is 4.11. The highest BCUT2D eigenvalue weighted by Gasteiger charge is 2.45. The molecule has 2 N–H and O–H groups in total. The first-order valence-electron chi connectivity index (χ1n) is 6.93. The zero-order valence-electron chi connectivity index (χ0n) is 12.1. The van der Waals surface area contributed by atoms with E-state index >= 15 is 0 Å². The Hall–Kier alpha value is -1.29. The molecule has 1 aromatic heterocycles. The number of rotatable bonds is 6. The van der Waals surface area contributed by atoms with Crippen LogP contribution in [0, 0.1) is 5.41 Å². The lowest BCUT2D eigenvalue weighted by atomic mass is 9.68. The lowest BCUT2D eigenvalue weighted by Gasteiger charge is -2.39. The van der Waals surface area contributed by atoms with Crippen molar-refractivity contribution in [2.75, 3.05) is 20.2 Å². The Kier molecular flexibility index (Phi) is 3.99. The van der Waals surface area contributed by atoms with Gasteiger partial charge in [-0.3, -0.25) is 4.79 Å². The molecule has 1 saturated carbocycles. The highest BCUT2D eigenvalue weighted by Crippen LogP contribution is 2.41. The van der Waals surface area contributed by atoms with Gasteiger partial charge in [0.2, 0.25) is 0 Å². The smallest absolute Gasteiger partial charge is 0.313 e. The van der Waals surface area contributed by atoms with E-state index in [2.05, 4.69) is 30.2 Å². The van der Waals surface area contributed by atoms with Gasteiger partial charge in [-0.15, -0.1) is 0 Å². The predicted molar refractivity (Wildman–Crippen MR) is 75.0 cm³/mol. The van der Waals surface area contributed by atoms with Gasteiger partial charge in [-0.2, -0.15) is 0 Å². The lowest BCUT2D eigenvalue weighted by Crippen LogP contribution is -2.48. The molecule has 1 aliphatic rings. The molecule has 0 bridgehead atoms. The first kappa shape index (κ1) is 14.1. The maximum atomic E-state index is 11.8. The third-order valence-corrected chi connectivity index (χ3v) is 4.29. The minimum atomic E-state index is -0.277. The number of carbonyl (C=O) groups excluding carboxylic acids is 1. The van der Waals surface area contributed by atoms with Crippen LogP contribution in [0.1, 0.15) is 38.8 Å². The second-order valence-electron chi connectivity index (χ2n) is 6.20. The first-order valence-corrected chi connectivity index (χ1v) is 6.93. The molecule has 0 saturated heterocycles. The number of ether oxygens (including phenoxy) is 1. The Morgan fingerprint density at radius 3 is 2.74 bits per heavy atom. The zero-order valence-corrected chi connectivity index (χ0v) is 12.1. The number of aromatic nitrogens is 1. The number of nitrogens with one attached hydrogen (secondary N) is 2. The van der Waals surface area contributed by atoms with Crippen LogP contribution in [0.2, 0.25) is 0 Å². The molecular weight excluding hydrogens is 240 g/mol. The summed E-state index contributed by atoms with van der Waals surface area (Å²) in [6.45, 7) is 5.94. The van der Waals surface area contributed by atoms with Gasteiger partial charge in [-0.25, -0.2) is 0 Å². The second kappa shape index (κ2) is 5.37. The van der Waals surface area contributed by atoms with E-state index in [0.717, 1.165) is 25.8 Å². The number of hydrogen-bond donors (Lipinski definition) is 2. The normalized spacial score (nSPS) is 17.8. The van der Waals surface area contributed by atoms with E-state index in [1.807, 2.05) is 12.3 Å². The molecule has 4 nitrogen and oxygen atoms in total. The molecule has 2 rings (SSSR count). The molecule has 106 valence electrons. The van der Waals surface area contributed by atoms with Crippen molar-refractivity contribution in [2.45, 2.75) is 38.5 Å². The van der Waals surface area contributed by atoms with E-state index < -0.39 is 0 Å². The molecule has 4 heteroatoms. The van der Waals surface area contributed by atoms with Gasteiger partial charge in [0.1, 0.15) is 0 Å². The fraction of sp³-hybridized carbons (Fsp3) is 0.667. The Labute approximate surface area is 114 Å². The fourth-order valence-corrected chi connectivity index (χ4v) is 2.73. The van der Waals surface area contributed by atoms with Crippen molar-refractivity contribution in [3.63, 3.8) is 0 Å². The second-order valence-corrected chi connectivity index (χ2v) is 6.20. The third kappa shape index (κ3) is 2.84.